The Morgan fingerprint density at radius 1 is 0.574 bits per heavy atom. The zero-order chi connectivity index (χ0) is 44.8. The maximum absolute atomic E-state index is 13.2. The van der Waals surface area contributed by atoms with E-state index in [-0.39, 0.29) is 61.2 Å². The first kappa shape index (κ1) is 51.3. The average molecular weight is 871 g/mol. The van der Waals surface area contributed by atoms with E-state index in [1.54, 1.807) is 18.5 Å². The summed E-state index contributed by atoms with van der Waals surface area (Å²) in [4.78, 5) is 82.1. The largest absolute Gasteiger partial charge is 0.370 e. The molecule has 0 aliphatic carbocycles. The van der Waals surface area contributed by atoms with Crippen LogP contribution in [-0.4, -0.2) is 103 Å². The van der Waals surface area contributed by atoms with Crippen molar-refractivity contribution in [3.05, 3.63) is 41.5 Å². The third-order valence-electron chi connectivity index (χ3n) is 9.42. The van der Waals surface area contributed by atoms with E-state index in [1.165, 1.54) is 11.3 Å². The summed E-state index contributed by atoms with van der Waals surface area (Å²) in [5.74, 6) is -2.78. The number of nitrogens with zero attached hydrogens (tertiary/aromatic N) is 1. The minimum atomic E-state index is -0.997. The van der Waals surface area contributed by atoms with Crippen molar-refractivity contribution >= 4 is 58.7 Å². The van der Waals surface area contributed by atoms with Gasteiger partial charge in [-0.3, -0.25) is 44.6 Å². The molecule has 17 N–H and O–H groups in total. The van der Waals surface area contributed by atoms with Crippen LogP contribution in [0, 0.1) is 10.8 Å². The number of pyridine rings is 1. The third kappa shape index (κ3) is 22.9. The number of carbonyl (C=O) groups excluding carboxylic acids is 6. The van der Waals surface area contributed by atoms with Crippen molar-refractivity contribution < 1.29 is 28.8 Å². The van der Waals surface area contributed by atoms with E-state index in [0.717, 1.165) is 16.9 Å². The van der Waals surface area contributed by atoms with Crippen molar-refractivity contribution in [1.29, 1.82) is 10.8 Å². The lowest BCUT2D eigenvalue weighted by Gasteiger charge is -2.22. The predicted octanol–water partition coefficient (Wildman–Crippen LogP) is 0.372. The minimum absolute atomic E-state index is 0.117. The first-order valence-corrected chi connectivity index (χ1v) is 21.7. The van der Waals surface area contributed by atoms with Gasteiger partial charge in [-0.1, -0.05) is 12.8 Å². The first-order valence-electron chi connectivity index (χ1n) is 20.9. The van der Waals surface area contributed by atoms with Crippen LogP contribution in [0.15, 0.2) is 36.7 Å². The van der Waals surface area contributed by atoms with Crippen LogP contribution in [0.25, 0.3) is 10.4 Å². The molecule has 0 aliphatic rings. The fraction of sp³-hybridized carbons (Fsp3) is 0.575. The highest BCUT2D eigenvalue weighted by atomic mass is 32.1. The number of rotatable bonds is 32. The molecular formula is C40H66N14O6S. The van der Waals surface area contributed by atoms with Gasteiger partial charge in [-0.25, -0.2) is 0 Å². The molecule has 20 nitrogen and oxygen atoms in total. The van der Waals surface area contributed by atoms with E-state index in [9.17, 15) is 28.8 Å². The van der Waals surface area contributed by atoms with Gasteiger partial charge in [0.05, 0.1) is 4.88 Å². The predicted molar refractivity (Wildman–Crippen MR) is 236 cm³/mol. The summed E-state index contributed by atoms with van der Waals surface area (Å²) in [5, 5.41) is 33.8. The van der Waals surface area contributed by atoms with Gasteiger partial charge in [0.1, 0.15) is 18.1 Å². The number of nitrogens with one attached hydrogen (secondary N) is 9. The van der Waals surface area contributed by atoms with E-state index in [0.29, 0.717) is 102 Å². The number of carbonyl (C=O) groups is 6. The molecule has 2 aromatic rings. The molecule has 61 heavy (non-hydrogen) atoms. The van der Waals surface area contributed by atoms with Gasteiger partial charge in [0.25, 0.3) is 5.91 Å². The van der Waals surface area contributed by atoms with Crippen LogP contribution >= 0.6 is 11.3 Å². The molecule has 0 saturated heterocycles. The fourth-order valence-corrected chi connectivity index (χ4v) is 7.04. The third-order valence-corrected chi connectivity index (χ3v) is 10.6. The second-order valence-corrected chi connectivity index (χ2v) is 15.6. The van der Waals surface area contributed by atoms with Crippen LogP contribution in [0.3, 0.4) is 0 Å². The molecule has 3 atom stereocenters. The number of primary amides is 1. The topological polar surface area (TPSA) is 351 Å². The van der Waals surface area contributed by atoms with Crippen LogP contribution in [0.5, 0.6) is 0 Å². The van der Waals surface area contributed by atoms with Crippen molar-refractivity contribution in [1.82, 2.24) is 42.2 Å². The summed E-state index contributed by atoms with van der Waals surface area (Å²) in [6.07, 6.45) is 10.5. The summed E-state index contributed by atoms with van der Waals surface area (Å²) in [6, 6.07) is 4.84. The van der Waals surface area contributed by atoms with Crippen LogP contribution < -0.4 is 60.2 Å². The molecule has 2 aromatic heterocycles. The molecule has 0 unspecified atom stereocenters. The Morgan fingerprint density at radius 3 is 1.66 bits per heavy atom. The minimum Gasteiger partial charge on any atom is -0.370 e. The molecule has 6 amide bonds. The number of hydrogen-bond donors (Lipinski definition) is 13. The van der Waals surface area contributed by atoms with Crippen molar-refractivity contribution in [2.24, 2.45) is 22.9 Å². The van der Waals surface area contributed by atoms with Gasteiger partial charge < -0.3 is 60.2 Å². The van der Waals surface area contributed by atoms with Crippen molar-refractivity contribution in [3.8, 4) is 10.4 Å². The number of thiophene rings is 1. The number of unbranched alkanes of at least 4 members (excludes halogenated alkanes) is 5. The van der Waals surface area contributed by atoms with Crippen molar-refractivity contribution in [2.45, 2.75) is 114 Å². The summed E-state index contributed by atoms with van der Waals surface area (Å²) in [6.45, 7) is 1.90. The first-order chi connectivity index (χ1) is 29.3. The zero-order valence-electron chi connectivity index (χ0n) is 35.0. The van der Waals surface area contributed by atoms with Crippen LogP contribution in [0.1, 0.15) is 106 Å². The van der Waals surface area contributed by atoms with Gasteiger partial charge in [-0.2, -0.15) is 0 Å². The Labute approximate surface area is 361 Å². The van der Waals surface area contributed by atoms with Gasteiger partial charge in [0.2, 0.25) is 29.5 Å². The van der Waals surface area contributed by atoms with Gasteiger partial charge >= 0.3 is 0 Å². The second-order valence-electron chi connectivity index (χ2n) is 14.5. The van der Waals surface area contributed by atoms with Gasteiger partial charge in [0.15, 0.2) is 11.9 Å². The molecule has 0 fully saturated rings. The lowest BCUT2D eigenvalue weighted by atomic mass is 10.1. The smallest absolute Gasteiger partial charge is 0.261 e. The normalized spacial score (nSPS) is 12.2. The van der Waals surface area contributed by atoms with E-state index in [4.69, 9.17) is 33.8 Å². The molecule has 0 spiro atoms. The molecule has 0 aliphatic heterocycles. The number of guanidine groups is 2. The number of aromatic nitrogens is 1. The Bertz CT molecular complexity index is 1690. The highest BCUT2D eigenvalue weighted by molar-refractivity contribution is 7.17. The highest BCUT2D eigenvalue weighted by Crippen LogP contribution is 2.27. The molecule has 338 valence electrons. The maximum atomic E-state index is 13.2. The molecular weight excluding hydrogens is 805 g/mol. The van der Waals surface area contributed by atoms with Crippen LogP contribution in [0.4, 0.5) is 0 Å². The molecule has 0 radical (unpaired) electrons. The monoisotopic (exact) mass is 871 g/mol. The van der Waals surface area contributed by atoms with Gasteiger partial charge in [-0.05, 0) is 107 Å². The zero-order valence-corrected chi connectivity index (χ0v) is 35.8. The molecule has 2 heterocycles. The second kappa shape index (κ2) is 30.2. The summed E-state index contributed by atoms with van der Waals surface area (Å²) >= 11 is 1.42. The molecule has 2 rings (SSSR count). The summed E-state index contributed by atoms with van der Waals surface area (Å²) in [7, 11) is 0. The van der Waals surface area contributed by atoms with Crippen LogP contribution in [-0.2, 0) is 24.0 Å². The lowest BCUT2D eigenvalue weighted by Crippen LogP contribution is -2.53. The van der Waals surface area contributed by atoms with Crippen molar-refractivity contribution in [2.75, 3.05) is 32.7 Å². The molecule has 0 aromatic carbocycles. The summed E-state index contributed by atoms with van der Waals surface area (Å²) < 4.78 is 0. The molecule has 0 bridgehead atoms. The SMILES string of the molecule is N=C(N)NCCC[C@@H](NC(=O)[C@@H](CCCNC(=N)N)NC(=O)CCCCCNC(=O)[C@@H](CCCCN)NC(=O)CCCCCNC(=O)c1ccc(-c2ccncc2)s1)C(N)=O. The van der Waals surface area contributed by atoms with E-state index < -0.39 is 29.9 Å². The number of nitrogens with two attached hydrogens (primary N) is 4. The Kier molecular flexibility index (Phi) is 25.4. The van der Waals surface area contributed by atoms with Crippen molar-refractivity contribution in [3.63, 3.8) is 0 Å². The van der Waals surface area contributed by atoms with E-state index in [1.807, 2.05) is 18.2 Å². The number of hydrogen-bond acceptors (Lipinski definition) is 11. The van der Waals surface area contributed by atoms with Gasteiger partial charge in [0, 0.05) is 56.3 Å². The highest BCUT2D eigenvalue weighted by Gasteiger charge is 2.25. The summed E-state index contributed by atoms with van der Waals surface area (Å²) in [5.41, 5.74) is 22.8. The van der Waals surface area contributed by atoms with E-state index in [2.05, 4.69) is 42.2 Å². The van der Waals surface area contributed by atoms with Gasteiger partial charge in [-0.15, -0.1) is 11.3 Å². The maximum Gasteiger partial charge on any atom is 0.261 e. The Hall–Kier alpha value is -5.83. The molecule has 0 saturated carbocycles. The quantitative estimate of drug-likeness (QED) is 0.0270. The van der Waals surface area contributed by atoms with Crippen LogP contribution in [0.2, 0.25) is 0 Å². The Balaban J connectivity index is 1.73. The molecule has 21 heteroatoms. The van der Waals surface area contributed by atoms with E-state index >= 15 is 0 Å². The Morgan fingerprint density at radius 2 is 1.10 bits per heavy atom. The fourth-order valence-electron chi connectivity index (χ4n) is 6.11. The lowest BCUT2D eigenvalue weighted by molar-refractivity contribution is -0.131. The average Bonchev–Trinajstić information content (AvgIpc) is 3.73. The number of amides is 6. The standard InChI is InChI=1S/C40H66N14O6S/c41-20-6-5-11-29(52-33(55)14-4-2-8-22-49-38(60)32-17-16-31(61-32)27-18-25-47-26-19-27)36(58)48-21-7-1-3-15-34(56)53-30(13-10-24-51-40(45)46)37(59)54-28(35(42)57)12-9-23-50-39(43)44/h16-19,25-26,28-30H,1-15,20-24,41H2,(H2,42,57)(H,48,58)(H,49,60)(H,52,55)(H,53,56)(H,54,59)(H4,43,44,50)(H4,45,46,51)/t28-,29-,30-/m1/s1.